The number of rotatable bonds is 7. The Morgan fingerprint density at radius 1 is 0.818 bits per heavy atom. The predicted molar refractivity (Wildman–Crippen MR) is 107 cm³/mol. The number of carbonyl (C=O) groups excluding carboxylic acids is 2. The summed E-state index contributed by atoms with van der Waals surface area (Å²) < 4.78 is 66.6. The Labute approximate surface area is 184 Å². The van der Waals surface area contributed by atoms with Gasteiger partial charge < -0.3 is 10.6 Å². The van der Waals surface area contributed by atoms with Crippen molar-refractivity contribution in [1.82, 2.24) is 10.8 Å². The Balaban J connectivity index is 1.74. The number of carbonyl (C=O) groups is 2. The molecule has 172 valence electrons. The highest BCUT2D eigenvalue weighted by Gasteiger charge is 2.23. The average Bonchev–Trinajstić information content (AvgIpc) is 2.78. The monoisotopic (exact) mass is 465 g/mol. The van der Waals surface area contributed by atoms with Gasteiger partial charge in [0.1, 0.15) is 17.7 Å². The Morgan fingerprint density at radius 2 is 1.39 bits per heavy atom. The summed E-state index contributed by atoms with van der Waals surface area (Å²) in [6.45, 7) is -0.454. The summed E-state index contributed by atoms with van der Waals surface area (Å²) in [6, 6.07) is 8.27. The number of hydroxylamine groups is 1. The van der Waals surface area contributed by atoms with E-state index < -0.39 is 53.5 Å². The minimum absolute atomic E-state index is 0.00563. The van der Waals surface area contributed by atoms with E-state index in [-0.39, 0.29) is 16.8 Å². The topological polar surface area (TPSA) is 90.5 Å². The normalized spacial score (nSPS) is 11.6. The molecule has 0 aliphatic carbocycles. The summed E-state index contributed by atoms with van der Waals surface area (Å²) in [5.74, 6) is -7.79. The van der Waals surface area contributed by atoms with Gasteiger partial charge in [-0.25, -0.2) is 27.4 Å². The van der Waals surface area contributed by atoms with Crippen LogP contribution in [0.2, 0.25) is 0 Å². The molecule has 0 aromatic heterocycles. The van der Waals surface area contributed by atoms with Crippen molar-refractivity contribution in [1.29, 1.82) is 0 Å². The van der Waals surface area contributed by atoms with Crippen molar-refractivity contribution in [2.45, 2.75) is 6.04 Å². The predicted octanol–water partition coefficient (Wildman–Crippen LogP) is 3.82. The zero-order valence-corrected chi connectivity index (χ0v) is 16.6. The van der Waals surface area contributed by atoms with Crippen molar-refractivity contribution in [2.75, 3.05) is 11.9 Å². The molecule has 2 amide bonds. The second-order valence-corrected chi connectivity index (χ2v) is 6.86. The van der Waals surface area contributed by atoms with Gasteiger partial charge in [-0.15, -0.1) is 0 Å². The maximum Gasteiger partial charge on any atom is 0.270 e. The largest absolute Gasteiger partial charge is 0.376 e. The highest BCUT2D eigenvalue weighted by Crippen LogP contribution is 2.25. The van der Waals surface area contributed by atoms with Crippen molar-refractivity contribution < 1.29 is 36.7 Å². The standard InChI is InChI=1S/C22H16F5N3O3/c23-14-7-15(24)9-16(8-14)28-10-19(31)29-21(22(32)30-33)12-3-1-11(2-4-12)13-5-17(25)20(27)18(26)6-13/h1-9,21,28,33H,10H2,(H,29,31)(H,30,32)/t21-/m1/s1. The van der Waals surface area contributed by atoms with Crippen molar-refractivity contribution in [3.05, 3.63) is 89.2 Å². The van der Waals surface area contributed by atoms with E-state index in [1.54, 1.807) is 0 Å². The Morgan fingerprint density at radius 3 is 1.94 bits per heavy atom. The van der Waals surface area contributed by atoms with E-state index >= 15 is 0 Å². The van der Waals surface area contributed by atoms with Crippen LogP contribution >= 0.6 is 0 Å². The minimum Gasteiger partial charge on any atom is -0.376 e. The quantitative estimate of drug-likeness (QED) is 0.185. The fourth-order valence-electron chi connectivity index (χ4n) is 3.01. The van der Waals surface area contributed by atoms with E-state index in [2.05, 4.69) is 10.6 Å². The van der Waals surface area contributed by atoms with Gasteiger partial charge in [0.2, 0.25) is 5.91 Å². The molecule has 0 saturated heterocycles. The van der Waals surface area contributed by atoms with Crippen LogP contribution in [-0.2, 0) is 9.59 Å². The number of benzene rings is 3. The maximum absolute atomic E-state index is 13.5. The molecule has 0 saturated carbocycles. The van der Waals surface area contributed by atoms with Crippen LogP contribution in [0.15, 0.2) is 54.6 Å². The fraction of sp³-hybridized carbons (Fsp3) is 0.0909. The van der Waals surface area contributed by atoms with Crippen LogP contribution in [0.5, 0.6) is 0 Å². The van der Waals surface area contributed by atoms with Crippen LogP contribution in [0.25, 0.3) is 11.1 Å². The number of nitrogens with one attached hydrogen (secondary N) is 3. The van der Waals surface area contributed by atoms with Crippen LogP contribution in [0.4, 0.5) is 27.6 Å². The average molecular weight is 465 g/mol. The molecule has 0 aliphatic heterocycles. The van der Waals surface area contributed by atoms with Crippen molar-refractivity contribution >= 4 is 17.5 Å². The SMILES string of the molecule is O=C(CNc1cc(F)cc(F)c1)N[C@@H](C(=O)NO)c1ccc(-c2cc(F)c(F)c(F)c2)cc1. The number of halogens is 5. The van der Waals surface area contributed by atoms with Crippen LogP contribution < -0.4 is 16.1 Å². The molecule has 6 nitrogen and oxygen atoms in total. The van der Waals surface area contributed by atoms with E-state index in [1.165, 1.54) is 29.7 Å². The summed E-state index contributed by atoms with van der Waals surface area (Å²) in [5.41, 5.74) is 1.93. The first-order chi connectivity index (χ1) is 15.7. The number of hydrogen-bond donors (Lipinski definition) is 4. The molecular weight excluding hydrogens is 449 g/mol. The minimum atomic E-state index is -1.60. The fourth-order valence-corrected chi connectivity index (χ4v) is 3.01. The first-order valence-corrected chi connectivity index (χ1v) is 9.36. The molecule has 0 unspecified atom stereocenters. The summed E-state index contributed by atoms with van der Waals surface area (Å²) in [6.07, 6.45) is 0. The lowest BCUT2D eigenvalue weighted by Crippen LogP contribution is -2.41. The third-order valence-corrected chi connectivity index (χ3v) is 4.55. The van der Waals surface area contributed by atoms with E-state index in [0.29, 0.717) is 11.6 Å². The van der Waals surface area contributed by atoms with Crippen LogP contribution in [0.1, 0.15) is 11.6 Å². The van der Waals surface area contributed by atoms with Gasteiger partial charge in [0.05, 0.1) is 6.54 Å². The third-order valence-electron chi connectivity index (χ3n) is 4.55. The smallest absolute Gasteiger partial charge is 0.270 e. The molecule has 0 heterocycles. The zero-order valence-electron chi connectivity index (χ0n) is 16.6. The Hall–Kier alpha value is -3.99. The van der Waals surface area contributed by atoms with Crippen molar-refractivity contribution in [3.63, 3.8) is 0 Å². The molecule has 1 atom stereocenters. The summed E-state index contributed by atoms with van der Waals surface area (Å²) in [5, 5.41) is 13.8. The molecule has 0 fully saturated rings. The third kappa shape index (κ3) is 5.83. The molecule has 0 bridgehead atoms. The second kappa shape index (κ2) is 10.1. The lowest BCUT2D eigenvalue weighted by molar-refractivity contribution is -0.134. The highest BCUT2D eigenvalue weighted by atomic mass is 19.2. The van der Waals surface area contributed by atoms with Gasteiger partial charge in [-0.2, -0.15) is 0 Å². The molecule has 0 radical (unpaired) electrons. The summed E-state index contributed by atoms with van der Waals surface area (Å²) in [4.78, 5) is 24.3. The molecule has 33 heavy (non-hydrogen) atoms. The van der Waals surface area contributed by atoms with Gasteiger partial charge >= 0.3 is 0 Å². The molecule has 3 aromatic carbocycles. The molecule has 0 aliphatic rings. The molecule has 11 heteroatoms. The Kier molecular flexibility index (Phi) is 7.23. The van der Waals surface area contributed by atoms with Crippen LogP contribution in [0.3, 0.4) is 0 Å². The van der Waals surface area contributed by atoms with Crippen LogP contribution in [0, 0.1) is 29.1 Å². The van der Waals surface area contributed by atoms with Gasteiger partial charge in [-0.1, -0.05) is 24.3 Å². The Bertz CT molecular complexity index is 1150. The van der Waals surface area contributed by atoms with Gasteiger partial charge in [0.25, 0.3) is 5.91 Å². The molecule has 4 N–H and O–H groups in total. The van der Waals surface area contributed by atoms with Gasteiger partial charge in [-0.05, 0) is 41.0 Å². The van der Waals surface area contributed by atoms with E-state index in [1.807, 2.05) is 0 Å². The van der Waals surface area contributed by atoms with E-state index in [4.69, 9.17) is 5.21 Å². The van der Waals surface area contributed by atoms with Crippen molar-refractivity contribution in [3.8, 4) is 11.1 Å². The van der Waals surface area contributed by atoms with Crippen molar-refractivity contribution in [2.24, 2.45) is 0 Å². The molecule has 3 rings (SSSR count). The lowest BCUT2D eigenvalue weighted by Gasteiger charge is -2.18. The highest BCUT2D eigenvalue weighted by molar-refractivity contribution is 5.89. The summed E-state index contributed by atoms with van der Waals surface area (Å²) >= 11 is 0. The maximum atomic E-state index is 13.5. The first kappa shape index (κ1) is 23.7. The molecule has 0 spiro atoms. The van der Waals surface area contributed by atoms with Crippen LogP contribution in [-0.4, -0.2) is 23.6 Å². The lowest BCUT2D eigenvalue weighted by atomic mass is 10.00. The van der Waals surface area contributed by atoms with Gasteiger partial charge in [0.15, 0.2) is 17.5 Å². The summed E-state index contributed by atoms with van der Waals surface area (Å²) in [7, 11) is 0. The zero-order chi connectivity index (χ0) is 24.1. The second-order valence-electron chi connectivity index (χ2n) is 6.86. The number of amides is 2. The van der Waals surface area contributed by atoms with Gasteiger partial charge in [-0.3, -0.25) is 14.8 Å². The molecule has 3 aromatic rings. The first-order valence-electron chi connectivity index (χ1n) is 9.36. The van der Waals surface area contributed by atoms with Gasteiger partial charge in [0, 0.05) is 11.8 Å². The van der Waals surface area contributed by atoms with E-state index in [9.17, 15) is 31.5 Å². The number of anilines is 1. The van der Waals surface area contributed by atoms with E-state index in [0.717, 1.165) is 24.3 Å². The molecular formula is C22H16F5N3O3. The number of hydrogen-bond acceptors (Lipinski definition) is 4.